The summed E-state index contributed by atoms with van der Waals surface area (Å²) in [5.41, 5.74) is 6.74. The summed E-state index contributed by atoms with van der Waals surface area (Å²) in [5, 5.41) is 8.30. The molecule has 5 N–H and O–H groups in total. The van der Waals surface area contributed by atoms with E-state index < -0.39 is 10.0 Å². The maximum absolute atomic E-state index is 11.1. The van der Waals surface area contributed by atoms with E-state index in [4.69, 9.17) is 15.6 Å². The van der Waals surface area contributed by atoms with Gasteiger partial charge in [0.25, 0.3) is 0 Å². The third kappa shape index (κ3) is 3.24. The lowest BCUT2D eigenvalue weighted by atomic mass is 9.83. The number of hydrogen-bond donors (Lipinski definition) is 3. The minimum atomic E-state index is -3.65. The molecule has 3 unspecified atom stereocenters. The van der Waals surface area contributed by atoms with Crippen LogP contribution in [0.4, 0.5) is 5.69 Å². The summed E-state index contributed by atoms with van der Waals surface area (Å²) in [5.74, 6) is 0. The van der Waals surface area contributed by atoms with Gasteiger partial charge in [-0.15, -0.1) is 0 Å². The molecule has 0 saturated heterocycles. The van der Waals surface area contributed by atoms with Gasteiger partial charge in [0.1, 0.15) is 0 Å². The predicted octanol–water partition coefficient (Wildman–Crippen LogP) is 0.251. The van der Waals surface area contributed by atoms with Gasteiger partial charge in [0, 0.05) is 18.3 Å². The smallest absolute Gasteiger partial charge is 0.238 e. The summed E-state index contributed by atoms with van der Waals surface area (Å²) < 4.78 is 27.8. The van der Waals surface area contributed by atoms with Crippen LogP contribution in [0.25, 0.3) is 0 Å². The average molecular weight is 285 g/mol. The molecule has 1 aromatic carbocycles. The SMILES string of the molecule is CCOC1CC(N)C1Nc1ccc(S(N)(=O)=O)cc1. The molecular formula is C12H19N3O3S. The lowest BCUT2D eigenvalue weighted by molar-refractivity contribution is -0.0126. The second-order valence-electron chi connectivity index (χ2n) is 4.63. The number of sulfonamides is 1. The zero-order chi connectivity index (χ0) is 14.0. The van der Waals surface area contributed by atoms with Gasteiger partial charge in [-0.3, -0.25) is 0 Å². The lowest BCUT2D eigenvalue weighted by Gasteiger charge is -2.43. The molecule has 2 rings (SSSR count). The van der Waals surface area contributed by atoms with E-state index >= 15 is 0 Å². The molecular weight excluding hydrogens is 266 g/mol. The molecule has 0 spiro atoms. The van der Waals surface area contributed by atoms with E-state index in [1.54, 1.807) is 12.1 Å². The number of anilines is 1. The van der Waals surface area contributed by atoms with Crippen molar-refractivity contribution < 1.29 is 13.2 Å². The first-order valence-electron chi connectivity index (χ1n) is 6.18. The van der Waals surface area contributed by atoms with Crippen molar-refractivity contribution in [2.45, 2.75) is 36.4 Å². The number of benzene rings is 1. The van der Waals surface area contributed by atoms with Crippen LogP contribution in [0.1, 0.15) is 13.3 Å². The highest BCUT2D eigenvalue weighted by atomic mass is 32.2. The third-order valence-electron chi connectivity index (χ3n) is 3.26. The zero-order valence-electron chi connectivity index (χ0n) is 10.7. The normalized spacial score (nSPS) is 26.8. The van der Waals surface area contributed by atoms with Crippen molar-refractivity contribution >= 4 is 15.7 Å². The summed E-state index contributed by atoms with van der Waals surface area (Å²) in [4.78, 5) is 0.0947. The maximum atomic E-state index is 11.1. The van der Waals surface area contributed by atoms with Crippen LogP contribution in [0.2, 0.25) is 0 Å². The zero-order valence-corrected chi connectivity index (χ0v) is 11.6. The van der Waals surface area contributed by atoms with E-state index in [0.717, 1.165) is 12.1 Å². The summed E-state index contributed by atoms with van der Waals surface area (Å²) in [7, 11) is -3.65. The minimum Gasteiger partial charge on any atom is -0.378 e. The van der Waals surface area contributed by atoms with Crippen molar-refractivity contribution in [3.8, 4) is 0 Å². The fourth-order valence-electron chi connectivity index (χ4n) is 2.16. The Morgan fingerprint density at radius 1 is 1.37 bits per heavy atom. The second kappa shape index (κ2) is 5.46. The van der Waals surface area contributed by atoms with Crippen molar-refractivity contribution in [1.82, 2.24) is 0 Å². The number of hydrogen-bond acceptors (Lipinski definition) is 5. The first-order valence-corrected chi connectivity index (χ1v) is 7.73. The Labute approximate surface area is 113 Å². The van der Waals surface area contributed by atoms with E-state index in [-0.39, 0.29) is 23.1 Å². The van der Waals surface area contributed by atoms with Crippen molar-refractivity contribution in [3.63, 3.8) is 0 Å². The van der Waals surface area contributed by atoms with Crippen LogP contribution < -0.4 is 16.2 Å². The van der Waals surface area contributed by atoms with Gasteiger partial charge in [0.05, 0.1) is 17.0 Å². The van der Waals surface area contributed by atoms with Gasteiger partial charge in [-0.05, 0) is 37.6 Å². The molecule has 1 aliphatic carbocycles. The third-order valence-corrected chi connectivity index (χ3v) is 4.19. The number of ether oxygens (including phenoxy) is 1. The van der Waals surface area contributed by atoms with Crippen LogP contribution in [0.15, 0.2) is 29.2 Å². The summed E-state index contributed by atoms with van der Waals surface area (Å²) in [6, 6.07) is 6.39. The Hall–Kier alpha value is -1.15. The first kappa shape index (κ1) is 14.3. The highest BCUT2D eigenvalue weighted by Gasteiger charge is 2.39. The lowest BCUT2D eigenvalue weighted by Crippen LogP contribution is -2.60. The predicted molar refractivity (Wildman–Crippen MR) is 73.2 cm³/mol. The highest BCUT2D eigenvalue weighted by molar-refractivity contribution is 7.89. The largest absolute Gasteiger partial charge is 0.378 e. The topological polar surface area (TPSA) is 107 Å². The van der Waals surface area contributed by atoms with Crippen molar-refractivity contribution in [3.05, 3.63) is 24.3 Å². The van der Waals surface area contributed by atoms with Gasteiger partial charge in [-0.1, -0.05) is 0 Å². The Balaban J connectivity index is 2.03. The minimum absolute atomic E-state index is 0.0504. The molecule has 0 aliphatic heterocycles. The molecule has 19 heavy (non-hydrogen) atoms. The average Bonchev–Trinajstić information content (AvgIpc) is 2.35. The number of rotatable bonds is 5. The molecule has 1 aliphatic rings. The van der Waals surface area contributed by atoms with Crippen LogP contribution in [0, 0.1) is 0 Å². The maximum Gasteiger partial charge on any atom is 0.238 e. The highest BCUT2D eigenvalue weighted by Crippen LogP contribution is 2.26. The fourth-order valence-corrected chi connectivity index (χ4v) is 2.68. The standard InChI is InChI=1S/C12H19N3O3S/c1-2-18-11-7-10(13)12(11)15-8-3-5-9(6-4-8)19(14,16)17/h3-6,10-12,15H,2,7,13H2,1H3,(H2,14,16,17). The van der Waals surface area contributed by atoms with E-state index in [2.05, 4.69) is 5.32 Å². The fraction of sp³-hybridized carbons (Fsp3) is 0.500. The second-order valence-corrected chi connectivity index (χ2v) is 6.19. The van der Waals surface area contributed by atoms with E-state index in [9.17, 15) is 8.42 Å². The van der Waals surface area contributed by atoms with E-state index in [1.807, 2.05) is 6.92 Å². The number of primary sulfonamides is 1. The Morgan fingerprint density at radius 2 is 2.00 bits per heavy atom. The van der Waals surface area contributed by atoms with Crippen LogP contribution in [-0.4, -0.2) is 33.2 Å². The van der Waals surface area contributed by atoms with Gasteiger partial charge in [-0.2, -0.15) is 0 Å². The van der Waals surface area contributed by atoms with Gasteiger partial charge in [0.15, 0.2) is 0 Å². The Bertz CT molecular complexity index is 528. The van der Waals surface area contributed by atoms with Gasteiger partial charge < -0.3 is 15.8 Å². The first-order chi connectivity index (χ1) is 8.91. The van der Waals surface area contributed by atoms with E-state index in [1.165, 1.54) is 12.1 Å². The van der Waals surface area contributed by atoms with Gasteiger partial charge >= 0.3 is 0 Å². The monoisotopic (exact) mass is 285 g/mol. The summed E-state index contributed by atoms with van der Waals surface area (Å²) >= 11 is 0. The molecule has 7 heteroatoms. The van der Waals surface area contributed by atoms with Crippen LogP contribution in [0.5, 0.6) is 0 Å². The number of nitrogens with two attached hydrogens (primary N) is 2. The number of nitrogens with one attached hydrogen (secondary N) is 1. The molecule has 1 fully saturated rings. The molecule has 3 atom stereocenters. The molecule has 6 nitrogen and oxygen atoms in total. The molecule has 0 aromatic heterocycles. The molecule has 0 heterocycles. The van der Waals surface area contributed by atoms with Gasteiger partial charge in [-0.25, -0.2) is 13.6 Å². The van der Waals surface area contributed by atoms with Crippen LogP contribution in [0.3, 0.4) is 0 Å². The van der Waals surface area contributed by atoms with E-state index in [0.29, 0.717) is 6.61 Å². The molecule has 1 saturated carbocycles. The Kier molecular flexibility index (Phi) is 4.10. The molecule has 1 aromatic rings. The molecule has 0 bridgehead atoms. The van der Waals surface area contributed by atoms with Gasteiger partial charge in [0.2, 0.25) is 10.0 Å². The molecule has 106 valence electrons. The summed E-state index contributed by atoms with van der Waals surface area (Å²) in [6.07, 6.45) is 0.943. The van der Waals surface area contributed by atoms with Crippen LogP contribution in [-0.2, 0) is 14.8 Å². The van der Waals surface area contributed by atoms with Crippen molar-refractivity contribution in [2.24, 2.45) is 10.9 Å². The van der Waals surface area contributed by atoms with Crippen molar-refractivity contribution in [2.75, 3.05) is 11.9 Å². The molecule has 0 radical (unpaired) electrons. The molecule has 0 amide bonds. The summed E-state index contributed by atoms with van der Waals surface area (Å²) in [6.45, 7) is 2.60. The van der Waals surface area contributed by atoms with Crippen molar-refractivity contribution in [1.29, 1.82) is 0 Å². The quantitative estimate of drug-likeness (QED) is 0.719. The van der Waals surface area contributed by atoms with Crippen LogP contribution >= 0.6 is 0 Å². The Morgan fingerprint density at radius 3 is 2.47 bits per heavy atom.